The van der Waals surface area contributed by atoms with Crippen molar-refractivity contribution < 1.29 is 58.5 Å². The molecule has 0 radical (unpaired) electrons. The van der Waals surface area contributed by atoms with Crippen molar-refractivity contribution in [3.05, 3.63) is 155 Å². The van der Waals surface area contributed by atoms with Gasteiger partial charge in [-0.3, -0.25) is 0 Å². The molecular weight excluding hydrogens is 880 g/mol. The lowest BCUT2D eigenvalue weighted by atomic mass is 10.1. The molecule has 0 atom stereocenters. The van der Waals surface area contributed by atoms with E-state index in [9.17, 15) is 30.7 Å². The first kappa shape index (κ1) is 45.9. The second-order valence-corrected chi connectivity index (χ2v) is 14.2. The van der Waals surface area contributed by atoms with Crippen LogP contribution in [0.4, 0.5) is 53.9 Å². The number of nitrogen functional groups attached to an aromatic ring is 1. The van der Waals surface area contributed by atoms with Gasteiger partial charge in [0.05, 0.1) is 23.3 Å². The van der Waals surface area contributed by atoms with Crippen LogP contribution < -0.4 is 35.9 Å². The minimum absolute atomic E-state index is 0.247. The van der Waals surface area contributed by atoms with Crippen LogP contribution in [0.3, 0.4) is 0 Å². The number of benzene rings is 6. The quantitative estimate of drug-likeness (QED) is 0.0676. The van der Waals surface area contributed by atoms with E-state index in [1.54, 1.807) is 25.3 Å². The van der Waals surface area contributed by atoms with Crippen LogP contribution in [0.1, 0.15) is 22.3 Å². The first-order valence-corrected chi connectivity index (χ1v) is 19.7. The zero-order chi connectivity index (χ0) is 46.8. The molecule has 0 aliphatic rings. The molecule has 5 N–H and O–H groups in total. The van der Waals surface area contributed by atoms with E-state index in [4.69, 9.17) is 24.0 Å². The van der Waals surface area contributed by atoms with Gasteiger partial charge in [0, 0.05) is 25.3 Å². The summed E-state index contributed by atoms with van der Waals surface area (Å²) in [6, 6.07) is 34.0. The molecule has 9 aromatic rings. The Bertz CT molecular complexity index is 3010. The zero-order valence-corrected chi connectivity index (χ0v) is 34.8. The highest BCUT2D eigenvalue weighted by molar-refractivity contribution is 5.98. The first-order valence-electron chi connectivity index (χ1n) is 19.7. The number of anilines is 4. The Hall–Kier alpha value is -8.16. The Morgan fingerprint density at radius 2 is 1.05 bits per heavy atom. The number of halogens is 7. The molecule has 342 valence electrons. The van der Waals surface area contributed by atoms with Crippen molar-refractivity contribution in [3.8, 4) is 17.2 Å². The number of aryl methyl sites for hydroxylation is 1. The number of nitrogens with one attached hydrogen (secondary N) is 3. The fraction of sp³-hybridized carbons (Fsp3) is 0.152. The molecule has 0 bridgehead atoms. The minimum Gasteiger partial charge on any atom is -0.496 e. The summed E-state index contributed by atoms with van der Waals surface area (Å²) in [6.07, 6.45) is -9.40. The molecule has 3 heterocycles. The van der Waals surface area contributed by atoms with Gasteiger partial charge in [0.15, 0.2) is 34.2 Å². The third-order valence-corrected chi connectivity index (χ3v) is 9.49. The fourth-order valence-electron chi connectivity index (χ4n) is 6.42. The van der Waals surface area contributed by atoms with Crippen molar-refractivity contribution in [3.63, 3.8) is 0 Å². The van der Waals surface area contributed by atoms with E-state index in [1.165, 1.54) is 54.6 Å². The molecule has 0 saturated carbocycles. The molecule has 66 heavy (non-hydrogen) atoms. The van der Waals surface area contributed by atoms with Crippen molar-refractivity contribution in [1.29, 1.82) is 0 Å². The molecule has 0 saturated heterocycles. The standard InChI is InChI=1S/C16H17N3O2.C15H10F4N2O2.C15H11F3N2O2/c1-10-8-11(6-7-13(10)20-2)9-18-16-15-12(17)4-3-5-14(15)21-19-16;16-10-3-6-13-12(7-10)14(21-23-13)20-8-9-1-4-11(5-2-9)22-15(17,18)19;16-15(17,18)21-11-7-5-10(6-8-11)9-19-14-12-3-1-2-4-13(12)22-20-14/h3-8H,9,17H2,1-2H3,(H,18,19);1-7H,8H2,(H,20,21);1-8H,9H2,(H,19,20). The Morgan fingerprint density at radius 3 is 1.64 bits per heavy atom. The van der Waals surface area contributed by atoms with Gasteiger partial charge in [-0.15, -0.1) is 26.3 Å². The third-order valence-electron chi connectivity index (χ3n) is 9.49. The van der Waals surface area contributed by atoms with Crippen LogP contribution in [0.5, 0.6) is 17.2 Å². The molecule has 0 aliphatic carbocycles. The molecule has 0 aliphatic heterocycles. The van der Waals surface area contributed by atoms with Gasteiger partial charge in [0.2, 0.25) is 0 Å². The number of hydrogen-bond donors (Lipinski definition) is 4. The van der Waals surface area contributed by atoms with Gasteiger partial charge in [0.25, 0.3) is 0 Å². The molecule has 13 nitrogen and oxygen atoms in total. The molecule has 0 fully saturated rings. The predicted molar refractivity (Wildman–Crippen MR) is 232 cm³/mol. The number of para-hydroxylation sites is 1. The van der Waals surface area contributed by atoms with Crippen LogP contribution in [0.25, 0.3) is 32.9 Å². The lowest BCUT2D eigenvalue weighted by molar-refractivity contribution is -0.275. The molecule has 20 heteroatoms. The summed E-state index contributed by atoms with van der Waals surface area (Å²) in [5.41, 5.74) is 12.1. The Labute approximate surface area is 370 Å². The van der Waals surface area contributed by atoms with Crippen LogP contribution in [-0.2, 0) is 19.6 Å². The van der Waals surface area contributed by atoms with Crippen molar-refractivity contribution in [2.45, 2.75) is 39.3 Å². The first-order chi connectivity index (χ1) is 31.6. The largest absolute Gasteiger partial charge is 0.573 e. The summed E-state index contributed by atoms with van der Waals surface area (Å²) in [5.74, 6) is 1.53. The van der Waals surface area contributed by atoms with E-state index < -0.39 is 18.5 Å². The Kier molecular flexibility index (Phi) is 14.0. The molecule has 6 aromatic carbocycles. The predicted octanol–water partition coefficient (Wildman–Crippen LogP) is 12.2. The molecular formula is C46H38F7N7O6. The van der Waals surface area contributed by atoms with E-state index in [2.05, 4.69) is 47.0 Å². The lowest BCUT2D eigenvalue weighted by Gasteiger charge is -2.09. The van der Waals surface area contributed by atoms with Crippen molar-refractivity contribution in [2.24, 2.45) is 0 Å². The van der Waals surface area contributed by atoms with Gasteiger partial charge < -0.3 is 49.5 Å². The van der Waals surface area contributed by atoms with Crippen molar-refractivity contribution >= 4 is 56.0 Å². The number of ether oxygens (including phenoxy) is 3. The minimum atomic E-state index is -4.72. The normalized spacial score (nSPS) is 11.3. The highest BCUT2D eigenvalue weighted by atomic mass is 19.4. The number of hydrogen-bond acceptors (Lipinski definition) is 13. The van der Waals surface area contributed by atoms with Gasteiger partial charge >= 0.3 is 12.7 Å². The van der Waals surface area contributed by atoms with Gasteiger partial charge in [-0.2, -0.15) is 0 Å². The highest BCUT2D eigenvalue weighted by Gasteiger charge is 2.31. The molecule has 0 spiro atoms. The van der Waals surface area contributed by atoms with Gasteiger partial charge in [-0.1, -0.05) is 70.1 Å². The second-order valence-electron chi connectivity index (χ2n) is 14.2. The third kappa shape index (κ3) is 12.3. The van der Waals surface area contributed by atoms with E-state index in [0.717, 1.165) is 33.2 Å². The average molecular weight is 918 g/mol. The summed E-state index contributed by atoms with van der Waals surface area (Å²) >= 11 is 0. The maximum absolute atomic E-state index is 13.2. The summed E-state index contributed by atoms with van der Waals surface area (Å²) in [6.45, 7) is 3.35. The summed E-state index contributed by atoms with van der Waals surface area (Å²) in [5, 5.41) is 23.2. The molecule has 0 unspecified atom stereocenters. The van der Waals surface area contributed by atoms with Crippen molar-refractivity contribution in [2.75, 3.05) is 28.8 Å². The van der Waals surface area contributed by atoms with Crippen LogP contribution >= 0.6 is 0 Å². The summed E-state index contributed by atoms with van der Waals surface area (Å²) < 4.78 is 114. The number of nitrogens with two attached hydrogens (primary N) is 1. The number of aromatic nitrogens is 3. The monoisotopic (exact) mass is 917 g/mol. The fourth-order valence-corrected chi connectivity index (χ4v) is 6.42. The maximum atomic E-state index is 13.2. The number of methoxy groups -OCH3 is 1. The molecule has 9 rings (SSSR count). The molecule has 3 aromatic heterocycles. The topological polar surface area (TPSA) is 168 Å². The van der Waals surface area contributed by atoms with Gasteiger partial charge in [-0.05, 0) is 102 Å². The summed E-state index contributed by atoms with van der Waals surface area (Å²) in [7, 11) is 1.67. The number of rotatable bonds is 12. The van der Waals surface area contributed by atoms with E-state index in [0.29, 0.717) is 63.9 Å². The highest BCUT2D eigenvalue weighted by Crippen LogP contribution is 2.30. The van der Waals surface area contributed by atoms with Crippen LogP contribution in [0.2, 0.25) is 0 Å². The average Bonchev–Trinajstić information content (AvgIpc) is 4.02. The zero-order valence-electron chi connectivity index (χ0n) is 34.8. The second kappa shape index (κ2) is 20.1. The van der Waals surface area contributed by atoms with Crippen molar-refractivity contribution in [1.82, 2.24) is 15.5 Å². The SMILES string of the molecule is COc1ccc(CNc2noc3cccc(N)c23)cc1C.FC(F)(F)Oc1ccc(CNc2noc3ccccc23)cc1.Fc1ccc2onc(NCc3ccc(OC(F)(F)F)cc3)c2c1. The lowest BCUT2D eigenvalue weighted by Crippen LogP contribution is -2.17. The smallest absolute Gasteiger partial charge is 0.496 e. The van der Waals surface area contributed by atoms with E-state index in [1.807, 2.05) is 55.5 Å². The summed E-state index contributed by atoms with van der Waals surface area (Å²) in [4.78, 5) is 0. The van der Waals surface area contributed by atoms with Crippen LogP contribution in [-0.4, -0.2) is 35.3 Å². The van der Waals surface area contributed by atoms with Crippen LogP contribution in [0, 0.1) is 12.7 Å². The molecule has 0 amide bonds. The van der Waals surface area contributed by atoms with Gasteiger partial charge in [-0.25, -0.2) is 4.39 Å². The Morgan fingerprint density at radius 1 is 0.545 bits per heavy atom. The van der Waals surface area contributed by atoms with E-state index in [-0.39, 0.29) is 18.0 Å². The van der Waals surface area contributed by atoms with Gasteiger partial charge in [0.1, 0.15) is 23.1 Å². The van der Waals surface area contributed by atoms with Crippen LogP contribution in [0.15, 0.2) is 141 Å². The maximum Gasteiger partial charge on any atom is 0.573 e. The number of fused-ring (bicyclic) bond motifs is 3. The number of alkyl halides is 6. The Balaban J connectivity index is 0.000000147. The number of nitrogens with zero attached hydrogens (tertiary/aromatic N) is 3. The van der Waals surface area contributed by atoms with E-state index >= 15 is 0 Å².